The van der Waals surface area contributed by atoms with Gasteiger partial charge in [-0.3, -0.25) is 0 Å². The van der Waals surface area contributed by atoms with Gasteiger partial charge >= 0.3 is 18.0 Å². The largest absolute Gasteiger partial charge is 0.466 e. The van der Waals surface area contributed by atoms with Crippen molar-refractivity contribution in [2.75, 3.05) is 33.3 Å². The summed E-state index contributed by atoms with van der Waals surface area (Å²) in [7, 11) is 1.26. The summed E-state index contributed by atoms with van der Waals surface area (Å²) >= 11 is 0. The monoisotopic (exact) mass is 532 g/mol. The number of carbonyl (C=O) groups excluding carboxylic acids is 3. The fourth-order valence-electron chi connectivity index (χ4n) is 5.41. The van der Waals surface area contributed by atoms with Gasteiger partial charge in [-0.25, -0.2) is 23.9 Å². The van der Waals surface area contributed by atoms with Crippen LogP contribution in [-0.2, 0) is 9.53 Å². The Morgan fingerprint density at radius 1 is 1.08 bits per heavy atom. The number of esters is 1. The van der Waals surface area contributed by atoms with E-state index < -0.39 is 24.1 Å². The molecule has 0 aliphatic carbocycles. The van der Waals surface area contributed by atoms with Crippen LogP contribution in [0.1, 0.15) is 49.3 Å². The first kappa shape index (κ1) is 26.4. The predicted molar refractivity (Wildman–Crippen MR) is 143 cm³/mol. The highest BCUT2D eigenvalue weighted by molar-refractivity contribution is 6.01. The van der Waals surface area contributed by atoms with Crippen molar-refractivity contribution >= 4 is 29.1 Å². The number of methoxy groups -OCH3 is 1. The number of nitrogens with one attached hydrogen (secondary N) is 2. The molecule has 1 aromatic heterocycles. The van der Waals surface area contributed by atoms with Gasteiger partial charge in [0.25, 0.3) is 0 Å². The Hall–Kier alpha value is -4.25. The molecule has 204 valence electrons. The third-order valence-corrected chi connectivity index (χ3v) is 7.45. The Morgan fingerprint density at radius 3 is 2.56 bits per heavy atom. The van der Waals surface area contributed by atoms with Gasteiger partial charge in [-0.15, -0.1) is 0 Å². The molecule has 1 fully saturated rings. The minimum Gasteiger partial charge on any atom is -0.466 e. The molecule has 0 radical (unpaired) electrons. The second-order valence-electron chi connectivity index (χ2n) is 9.86. The summed E-state index contributed by atoms with van der Waals surface area (Å²) in [6.45, 7) is 4.85. The summed E-state index contributed by atoms with van der Waals surface area (Å²) in [5.41, 5.74) is 3.33. The molecule has 0 spiro atoms. The highest BCUT2D eigenvalue weighted by Crippen LogP contribution is 2.35. The number of hydrogen-bond acceptors (Lipinski definition) is 8. The third kappa shape index (κ3) is 5.63. The van der Waals surface area contributed by atoms with Crippen LogP contribution in [0.5, 0.6) is 0 Å². The topological polar surface area (TPSA) is 130 Å². The highest BCUT2D eigenvalue weighted by Gasteiger charge is 2.42. The maximum atomic E-state index is 13.3. The molecule has 1 saturated heterocycles. The third-order valence-electron chi connectivity index (χ3n) is 7.45. The maximum absolute atomic E-state index is 13.3. The van der Waals surface area contributed by atoms with Crippen LogP contribution in [0.2, 0.25) is 0 Å². The summed E-state index contributed by atoms with van der Waals surface area (Å²) in [5, 5.41) is 13.1. The summed E-state index contributed by atoms with van der Waals surface area (Å²) in [4.78, 5) is 42.6. The smallest absolute Gasteiger partial charge is 0.337 e. The van der Waals surface area contributed by atoms with Gasteiger partial charge in [0.05, 0.1) is 12.7 Å². The number of urea groups is 2. The van der Waals surface area contributed by atoms with E-state index in [4.69, 9.17) is 9.37 Å². The molecule has 2 aliphatic rings. The van der Waals surface area contributed by atoms with Crippen LogP contribution >= 0.6 is 0 Å². The minimum absolute atomic E-state index is 0.157. The molecular formula is C28H32N6O5. The molecule has 3 heterocycles. The number of nitrogens with zero attached hydrogens (tertiary/aromatic N) is 4. The molecule has 2 aliphatic heterocycles. The minimum atomic E-state index is -1.01. The van der Waals surface area contributed by atoms with Gasteiger partial charge in [0.15, 0.2) is 0 Å². The van der Waals surface area contributed by atoms with Gasteiger partial charge in [-0.1, -0.05) is 36.4 Å². The van der Waals surface area contributed by atoms with E-state index in [9.17, 15) is 14.4 Å². The second kappa shape index (κ2) is 11.6. The molecule has 0 saturated carbocycles. The Morgan fingerprint density at radius 2 is 1.82 bits per heavy atom. The van der Waals surface area contributed by atoms with E-state index in [1.807, 2.05) is 6.07 Å². The van der Waals surface area contributed by atoms with Gasteiger partial charge in [-0.2, -0.15) is 0 Å². The average Bonchev–Trinajstić information content (AvgIpc) is 3.43. The van der Waals surface area contributed by atoms with Crippen LogP contribution in [0.15, 0.2) is 64.4 Å². The fourth-order valence-corrected chi connectivity index (χ4v) is 5.41. The number of benzene rings is 2. The van der Waals surface area contributed by atoms with Crippen LogP contribution in [-0.4, -0.2) is 71.4 Å². The van der Waals surface area contributed by atoms with E-state index in [0.29, 0.717) is 34.8 Å². The first-order valence-electron chi connectivity index (χ1n) is 13.1. The molecule has 3 aromatic rings. The Kier molecular flexibility index (Phi) is 7.87. The second-order valence-corrected chi connectivity index (χ2v) is 9.86. The molecular weight excluding hydrogens is 500 g/mol. The van der Waals surface area contributed by atoms with Crippen LogP contribution < -0.4 is 10.6 Å². The van der Waals surface area contributed by atoms with E-state index >= 15 is 0 Å². The zero-order chi connectivity index (χ0) is 27.4. The van der Waals surface area contributed by atoms with Crippen molar-refractivity contribution in [2.45, 2.75) is 38.1 Å². The number of piperidine rings is 1. The number of allylic oxidation sites excluding steroid dienone is 1. The lowest BCUT2D eigenvalue weighted by Crippen LogP contribution is -2.54. The number of rotatable bonds is 7. The van der Waals surface area contributed by atoms with Crippen molar-refractivity contribution in [3.8, 4) is 0 Å². The molecule has 39 heavy (non-hydrogen) atoms. The normalized spacial score (nSPS) is 18.8. The van der Waals surface area contributed by atoms with Crippen LogP contribution in [0.25, 0.3) is 11.0 Å². The Bertz CT molecular complexity index is 1380. The molecule has 4 amide bonds. The quantitative estimate of drug-likeness (QED) is 0.348. The summed E-state index contributed by atoms with van der Waals surface area (Å²) in [5.74, 6) is -0.0583. The van der Waals surface area contributed by atoms with Crippen molar-refractivity contribution < 1.29 is 23.7 Å². The first-order valence-corrected chi connectivity index (χ1v) is 13.1. The molecule has 1 unspecified atom stereocenters. The standard InChI is InChI=1S/C28H32N6O5/c1-18-24(26(35)38-2)25(21-9-10-22-23(17-21)32-39-31-22)34(28(37)30-18)27(36)29-13-6-14-33-15-11-20(12-16-33)19-7-4-3-5-8-19/h3-5,7-10,17,20,25H,6,11-16H2,1-2H3,(H,29,36)(H,30,37). The number of carbonyl (C=O) groups is 3. The zero-order valence-electron chi connectivity index (χ0n) is 22.1. The Labute approximate surface area is 226 Å². The van der Waals surface area contributed by atoms with Crippen LogP contribution in [0, 0.1) is 0 Å². The molecule has 2 aromatic carbocycles. The molecule has 11 heteroatoms. The first-order chi connectivity index (χ1) is 19.0. The molecule has 1 atom stereocenters. The summed E-state index contributed by atoms with van der Waals surface area (Å²) in [6, 6.07) is 13.4. The van der Waals surface area contributed by atoms with Crippen molar-refractivity contribution in [1.29, 1.82) is 0 Å². The molecule has 5 rings (SSSR count). The average molecular weight is 533 g/mol. The number of ether oxygens (including phenoxy) is 1. The van der Waals surface area contributed by atoms with Gasteiger partial charge in [0, 0.05) is 12.2 Å². The maximum Gasteiger partial charge on any atom is 0.337 e. The number of fused-ring (bicyclic) bond motifs is 1. The van der Waals surface area contributed by atoms with E-state index in [-0.39, 0.29) is 5.57 Å². The number of aromatic nitrogens is 2. The lowest BCUT2D eigenvalue weighted by molar-refractivity contribution is -0.136. The summed E-state index contributed by atoms with van der Waals surface area (Å²) < 4.78 is 9.77. The van der Waals surface area contributed by atoms with E-state index in [2.05, 4.69) is 50.1 Å². The van der Waals surface area contributed by atoms with Crippen molar-refractivity contribution in [1.82, 2.24) is 30.7 Å². The number of amides is 4. The van der Waals surface area contributed by atoms with Crippen molar-refractivity contribution in [2.24, 2.45) is 0 Å². The predicted octanol–water partition coefficient (Wildman–Crippen LogP) is 3.72. The Balaban J connectivity index is 1.23. The lowest BCUT2D eigenvalue weighted by atomic mass is 9.89. The number of hydrogen-bond donors (Lipinski definition) is 2. The van der Waals surface area contributed by atoms with E-state index in [0.717, 1.165) is 43.8 Å². The van der Waals surface area contributed by atoms with Gasteiger partial charge < -0.3 is 20.3 Å². The van der Waals surface area contributed by atoms with E-state index in [1.165, 1.54) is 12.7 Å². The van der Waals surface area contributed by atoms with Crippen molar-refractivity contribution in [3.63, 3.8) is 0 Å². The van der Waals surface area contributed by atoms with Crippen LogP contribution in [0.3, 0.4) is 0 Å². The number of likely N-dealkylation sites (tertiary alicyclic amines) is 1. The van der Waals surface area contributed by atoms with Gasteiger partial charge in [0.1, 0.15) is 17.1 Å². The molecule has 11 nitrogen and oxygen atoms in total. The highest BCUT2D eigenvalue weighted by atomic mass is 16.6. The molecule has 2 N–H and O–H groups in total. The van der Waals surface area contributed by atoms with Crippen molar-refractivity contribution in [3.05, 3.63) is 70.9 Å². The van der Waals surface area contributed by atoms with E-state index in [1.54, 1.807) is 25.1 Å². The van der Waals surface area contributed by atoms with Gasteiger partial charge in [-0.05, 0) is 85.3 Å². The fraction of sp³-hybridized carbons (Fsp3) is 0.393. The zero-order valence-corrected chi connectivity index (χ0v) is 22.1. The number of imide groups is 1. The lowest BCUT2D eigenvalue weighted by Gasteiger charge is -2.36. The summed E-state index contributed by atoms with van der Waals surface area (Å²) in [6.07, 6.45) is 2.95. The van der Waals surface area contributed by atoms with Crippen LogP contribution in [0.4, 0.5) is 9.59 Å². The molecule has 0 bridgehead atoms. The van der Waals surface area contributed by atoms with Gasteiger partial charge in [0.2, 0.25) is 0 Å². The SMILES string of the molecule is COC(=O)C1=C(C)NC(=O)N(C(=O)NCCCN2CCC(c3ccccc3)CC2)C1c1ccc2nonc2c1.